The Bertz CT molecular complexity index is 456. The minimum atomic E-state index is -0.667. The van der Waals surface area contributed by atoms with Crippen LogP contribution >= 0.6 is 0 Å². The van der Waals surface area contributed by atoms with Gasteiger partial charge in [0.05, 0.1) is 0 Å². The molecule has 1 aromatic rings. The summed E-state index contributed by atoms with van der Waals surface area (Å²) >= 11 is 0. The van der Waals surface area contributed by atoms with Crippen LogP contribution in [0.2, 0.25) is 0 Å². The molecule has 20 heavy (non-hydrogen) atoms. The number of hydrogen-bond donors (Lipinski definition) is 2. The van der Waals surface area contributed by atoms with E-state index in [0.29, 0.717) is 13.0 Å². The van der Waals surface area contributed by atoms with Crippen LogP contribution in [0, 0.1) is 11.6 Å². The summed E-state index contributed by atoms with van der Waals surface area (Å²) < 4.78 is 27.6. The molecule has 1 saturated heterocycles. The first-order valence-electron chi connectivity index (χ1n) is 7.14. The fourth-order valence-corrected chi connectivity index (χ4v) is 2.69. The number of anilines is 2. The van der Waals surface area contributed by atoms with E-state index in [1.807, 2.05) is 11.8 Å². The summed E-state index contributed by atoms with van der Waals surface area (Å²) in [6, 6.07) is 1.06. The quantitative estimate of drug-likeness (QED) is 0.843. The number of pyridine rings is 1. The van der Waals surface area contributed by atoms with Crippen molar-refractivity contribution < 1.29 is 13.9 Å². The number of aliphatic hydroxyl groups excluding tert-OH is 1. The predicted molar refractivity (Wildman–Crippen MR) is 75.0 cm³/mol. The summed E-state index contributed by atoms with van der Waals surface area (Å²) in [5, 5.41) is 11.7. The van der Waals surface area contributed by atoms with Crippen LogP contribution in [0.3, 0.4) is 0 Å². The SMILES string of the molecule is CCNc1nc(N2CCCC2CCCO)c(F)cc1F. The largest absolute Gasteiger partial charge is 0.396 e. The van der Waals surface area contributed by atoms with Crippen molar-refractivity contribution in [3.8, 4) is 0 Å². The highest BCUT2D eigenvalue weighted by Crippen LogP contribution is 2.30. The number of aliphatic hydroxyl groups is 1. The molecule has 1 fully saturated rings. The van der Waals surface area contributed by atoms with Crippen molar-refractivity contribution in [2.75, 3.05) is 29.9 Å². The lowest BCUT2D eigenvalue weighted by atomic mass is 10.1. The van der Waals surface area contributed by atoms with Gasteiger partial charge in [-0.3, -0.25) is 0 Å². The molecule has 0 radical (unpaired) electrons. The summed E-state index contributed by atoms with van der Waals surface area (Å²) in [4.78, 5) is 6.00. The lowest BCUT2D eigenvalue weighted by Crippen LogP contribution is -2.31. The van der Waals surface area contributed by atoms with Gasteiger partial charge in [0.1, 0.15) is 0 Å². The van der Waals surface area contributed by atoms with Crippen molar-refractivity contribution >= 4 is 11.6 Å². The highest BCUT2D eigenvalue weighted by Gasteiger charge is 2.28. The lowest BCUT2D eigenvalue weighted by Gasteiger charge is -2.26. The van der Waals surface area contributed by atoms with E-state index in [4.69, 9.17) is 5.11 Å². The number of nitrogens with zero attached hydrogens (tertiary/aromatic N) is 2. The van der Waals surface area contributed by atoms with Crippen molar-refractivity contribution in [2.45, 2.75) is 38.6 Å². The fraction of sp³-hybridized carbons (Fsp3) is 0.643. The van der Waals surface area contributed by atoms with Crippen molar-refractivity contribution in [2.24, 2.45) is 0 Å². The molecule has 112 valence electrons. The molecule has 2 heterocycles. The summed E-state index contributed by atoms with van der Waals surface area (Å²) in [6.45, 7) is 3.22. The summed E-state index contributed by atoms with van der Waals surface area (Å²) in [5.74, 6) is -0.987. The third-order valence-electron chi connectivity index (χ3n) is 3.60. The zero-order chi connectivity index (χ0) is 14.5. The van der Waals surface area contributed by atoms with E-state index in [2.05, 4.69) is 10.3 Å². The van der Waals surface area contributed by atoms with Gasteiger partial charge in [0.25, 0.3) is 0 Å². The third-order valence-corrected chi connectivity index (χ3v) is 3.60. The van der Waals surface area contributed by atoms with E-state index in [0.717, 1.165) is 31.9 Å². The molecule has 0 spiro atoms. The normalized spacial score (nSPS) is 18.6. The van der Waals surface area contributed by atoms with Gasteiger partial charge in [-0.05, 0) is 32.6 Å². The Morgan fingerprint density at radius 3 is 2.95 bits per heavy atom. The highest BCUT2D eigenvalue weighted by molar-refractivity contribution is 5.50. The van der Waals surface area contributed by atoms with Gasteiger partial charge in [-0.15, -0.1) is 0 Å². The lowest BCUT2D eigenvalue weighted by molar-refractivity contribution is 0.279. The van der Waals surface area contributed by atoms with Gasteiger partial charge in [0.15, 0.2) is 23.3 Å². The Hall–Kier alpha value is -1.43. The minimum absolute atomic E-state index is 0.0942. The van der Waals surface area contributed by atoms with E-state index in [9.17, 15) is 8.78 Å². The first-order valence-corrected chi connectivity index (χ1v) is 7.14. The molecule has 4 nitrogen and oxygen atoms in total. The standard InChI is InChI=1S/C14H21F2N3O/c1-2-17-13-11(15)9-12(16)14(18-13)19-7-3-5-10(19)6-4-8-20/h9-10,20H,2-8H2,1H3,(H,17,18). The molecule has 1 aromatic heterocycles. The molecule has 0 saturated carbocycles. The molecule has 2 rings (SSSR count). The van der Waals surface area contributed by atoms with Gasteiger partial charge in [-0.2, -0.15) is 0 Å². The summed E-state index contributed by atoms with van der Waals surface area (Å²) in [6.07, 6.45) is 3.40. The molecule has 0 amide bonds. The molecule has 0 aliphatic carbocycles. The predicted octanol–water partition coefficient (Wildman–Crippen LogP) is 2.53. The van der Waals surface area contributed by atoms with E-state index < -0.39 is 11.6 Å². The van der Waals surface area contributed by atoms with Gasteiger partial charge in [0.2, 0.25) is 0 Å². The molecule has 0 bridgehead atoms. The van der Waals surface area contributed by atoms with Gasteiger partial charge in [-0.25, -0.2) is 13.8 Å². The first kappa shape index (κ1) is 15.0. The highest BCUT2D eigenvalue weighted by atomic mass is 19.1. The molecule has 1 unspecified atom stereocenters. The van der Waals surface area contributed by atoms with Gasteiger partial charge >= 0.3 is 0 Å². The second-order valence-corrected chi connectivity index (χ2v) is 5.01. The van der Waals surface area contributed by atoms with Gasteiger partial charge in [-0.1, -0.05) is 0 Å². The molecule has 1 atom stereocenters. The van der Waals surface area contributed by atoms with Crippen LogP contribution < -0.4 is 10.2 Å². The van der Waals surface area contributed by atoms with Crippen molar-refractivity contribution in [1.82, 2.24) is 4.98 Å². The van der Waals surface area contributed by atoms with Crippen LogP contribution in [0.25, 0.3) is 0 Å². The molecular weight excluding hydrogens is 264 g/mol. The second-order valence-electron chi connectivity index (χ2n) is 5.01. The molecule has 1 aliphatic rings. The molecular formula is C14H21F2N3O. The molecule has 6 heteroatoms. The minimum Gasteiger partial charge on any atom is -0.396 e. The second kappa shape index (κ2) is 6.83. The van der Waals surface area contributed by atoms with Crippen LogP contribution in [-0.2, 0) is 0 Å². The number of aromatic nitrogens is 1. The first-order chi connectivity index (χ1) is 9.67. The van der Waals surface area contributed by atoms with Crippen molar-refractivity contribution in [3.63, 3.8) is 0 Å². The van der Waals surface area contributed by atoms with Crippen LogP contribution in [0.15, 0.2) is 6.07 Å². The van der Waals surface area contributed by atoms with Crippen molar-refractivity contribution in [3.05, 3.63) is 17.7 Å². The molecule has 0 aromatic carbocycles. The van der Waals surface area contributed by atoms with E-state index in [-0.39, 0.29) is 24.3 Å². The van der Waals surface area contributed by atoms with Gasteiger partial charge in [0, 0.05) is 31.8 Å². The van der Waals surface area contributed by atoms with E-state index >= 15 is 0 Å². The summed E-state index contributed by atoms with van der Waals surface area (Å²) in [5.41, 5.74) is 0. The maximum atomic E-state index is 14.0. The van der Waals surface area contributed by atoms with E-state index in [1.54, 1.807) is 0 Å². The number of halogens is 2. The Labute approximate surface area is 117 Å². The number of nitrogens with one attached hydrogen (secondary N) is 1. The average Bonchev–Trinajstić information content (AvgIpc) is 2.88. The Kier molecular flexibility index (Phi) is 5.11. The molecule has 2 N–H and O–H groups in total. The number of rotatable bonds is 6. The fourth-order valence-electron chi connectivity index (χ4n) is 2.69. The van der Waals surface area contributed by atoms with Crippen LogP contribution in [0.1, 0.15) is 32.6 Å². The molecule has 1 aliphatic heterocycles. The Morgan fingerprint density at radius 2 is 2.25 bits per heavy atom. The van der Waals surface area contributed by atoms with Gasteiger partial charge < -0.3 is 15.3 Å². The average molecular weight is 285 g/mol. The zero-order valence-electron chi connectivity index (χ0n) is 11.7. The topological polar surface area (TPSA) is 48.4 Å². The Balaban J connectivity index is 2.24. The summed E-state index contributed by atoms with van der Waals surface area (Å²) in [7, 11) is 0. The monoisotopic (exact) mass is 285 g/mol. The Morgan fingerprint density at radius 1 is 1.45 bits per heavy atom. The zero-order valence-corrected chi connectivity index (χ0v) is 11.7. The maximum absolute atomic E-state index is 14.0. The number of hydrogen-bond acceptors (Lipinski definition) is 4. The third kappa shape index (κ3) is 3.17. The van der Waals surface area contributed by atoms with Crippen LogP contribution in [0.4, 0.5) is 20.4 Å². The smallest absolute Gasteiger partial charge is 0.168 e. The maximum Gasteiger partial charge on any atom is 0.168 e. The van der Waals surface area contributed by atoms with E-state index in [1.165, 1.54) is 0 Å². The van der Waals surface area contributed by atoms with Crippen molar-refractivity contribution in [1.29, 1.82) is 0 Å². The van der Waals surface area contributed by atoms with Crippen LogP contribution in [0.5, 0.6) is 0 Å². The van der Waals surface area contributed by atoms with Crippen LogP contribution in [-0.4, -0.2) is 35.8 Å².